The van der Waals surface area contributed by atoms with Crippen molar-refractivity contribution in [2.75, 3.05) is 33.4 Å². The Kier molecular flexibility index (Phi) is 7.91. The van der Waals surface area contributed by atoms with E-state index in [0.29, 0.717) is 18.0 Å². The summed E-state index contributed by atoms with van der Waals surface area (Å²) in [5, 5.41) is 0. The zero-order valence-corrected chi connectivity index (χ0v) is 13.6. The van der Waals surface area contributed by atoms with E-state index in [9.17, 15) is 0 Å². The highest BCUT2D eigenvalue weighted by Gasteiger charge is 2.05. The number of halogens is 1. The lowest BCUT2D eigenvalue weighted by atomic mass is 10.3. The van der Waals surface area contributed by atoms with Gasteiger partial charge in [-0.3, -0.25) is 0 Å². The van der Waals surface area contributed by atoms with Crippen LogP contribution in [0.15, 0.2) is 24.3 Å². The molecule has 1 aromatic carbocycles. The summed E-state index contributed by atoms with van der Waals surface area (Å²) in [4.78, 5) is 2.84. The average Bonchev–Trinajstić information content (AvgIpc) is 2.39. The second-order valence-corrected chi connectivity index (χ2v) is 6.16. The van der Waals surface area contributed by atoms with Crippen LogP contribution in [-0.2, 0) is 0 Å². The predicted octanol–water partition coefficient (Wildman–Crippen LogP) is 3.57. The quantitative estimate of drug-likeness (QED) is 0.646. The molecule has 0 radical (unpaired) electrons. The summed E-state index contributed by atoms with van der Waals surface area (Å²) in [6.07, 6.45) is 1.14. The third-order valence-corrected chi connectivity index (χ3v) is 3.25. The minimum absolute atomic E-state index is 0.564. The Morgan fingerprint density at radius 1 is 1.16 bits per heavy atom. The fourth-order valence-electron chi connectivity index (χ4n) is 1.67. The predicted molar refractivity (Wildman–Crippen MR) is 83.6 cm³/mol. The first-order valence-corrected chi connectivity index (χ1v) is 7.72. The molecule has 0 heterocycles. The number of nitrogens with zero attached hydrogens (tertiary/aromatic N) is 1. The molecule has 0 aliphatic carbocycles. The van der Waals surface area contributed by atoms with Crippen molar-refractivity contribution in [3.05, 3.63) is 24.3 Å². The van der Waals surface area contributed by atoms with Crippen molar-refractivity contribution >= 4 is 15.9 Å². The summed E-state index contributed by atoms with van der Waals surface area (Å²) < 4.78 is 11.3. The highest BCUT2D eigenvalue weighted by molar-refractivity contribution is 9.09. The van der Waals surface area contributed by atoms with Crippen molar-refractivity contribution in [1.82, 2.24) is 4.90 Å². The van der Waals surface area contributed by atoms with Crippen molar-refractivity contribution in [2.45, 2.75) is 25.1 Å². The Morgan fingerprint density at radius 2 is 1.79 bits per heavy atom. The second-order valence-electron chi connectivity index (χ2n) is 4.60. The Balaban J connectivity index is 2.32. The van der Waals surface area contributed by atoms with E-state index in [0.717, 1.165) is 31.0 Å². The smallest absolute Gasteiger partial charge is 0.161 e. The van der Waals surface area contributed by atoms with Crippen molar-refractivity contribution in [3.8, 4) is 11.5 Å². The molecule has 1 aromatic rings. The molecule has 1 rings (SSSR count). The molecule has 0 bridgehead atoms. The third-order valence-electron chi connectivity index (χ3n) is 2.79. The van der Waals surface area contributed by atoms with E-state index in [1.165, 1.54) is 0 Å². The number of benzene rings is 1. The lowest BCUT2D eigenvalue weighted by Gasteiger charge is -2.18. The molecule has 1 atom stereocenters. The van der Waals surface area contributed by atoms with Crippen LogP contribution in [0, 0.1) is 0 Å². The van der Waals surface area contributed by atoms with Gasteiger partial charge in [-0.1, -0.05) is 35.0 Å². The van der Waals surface area contributed by atoms with E-state index < -0.39 is 0 Å². The van der Waals surface area contributed by atoms with Crippen molar-refractivity contribution in [2.24, 2.45) is 0 Å². The SMILES string of the molecule is CCOc1ccccc1OCCN(C)CCC(C)Br. The first kappa shape index (κ1) is 16.3. The molecule has 0 aromatic heterocycles. The number of hydrogen-bond acceptors (Lipinski definition) is 3. The minimum Gasteiger partial charge on any atom is -0.490 e. The fraction of sp³-hybridized carbons (Fsp3) is 0.600. The van der Waals surface area contributed by atoms with Crippen LogP contribution in [0.1, 0.15) is 20.3 Å². The molecule has 3 nitrogen and oxygen atoms in total. The Labute approximate surface area is 125 Å². The highest BCUT2D eigenvalue weighted by Crippen LogP contribution is 2.26. The van der Waals surface area contributed by atoms with Crippen LogP contribution in [0.3, 0.4) is 0 Å². The molecule has 0 N–H and O–H groups in total. The number of rotatable bonds is 9. The van der Waals surface area contributed by atoms with Gasteiger partial charge in [0.25, 0.3) is 0 Å². The maximum Gasteiger partial charge on any atom is 0.161 e. The molecule has 19 heavy (non-hydrogen) atoms. The number of likely N-dealkylation sites (N-methyl/N-ethyl adjacent to an activating group) is 1. The molecule has 0 spiro atoms. The minimum atomic E-state index is 0.564. The molecular formula is C15H24BrNO2. The molecule has 0 aliphatic rings. The Bertz CT molecular complexity index is 358. The van der Waals surface area contributed by atoms with Gasteiger partial charge in [0, 0.05) is 11.4 Å². The van der Waals surface area contributed by atoms with Gasteiger partial charge >= 0.3 is 0 Å². The Morgan fingerprint density at radius 3 is 2.37 bits per heavy atom. The standard InChI is InChI=1S/C15H24BrNO2/c1-4-18-14-7-5-6-8-15(14)19-12-11-17(3)10-9-13(2)16/h5-8,13H,4,9-12H2,1-3H3. The van der Waals surface area contributed by atoms with E-state index in [4.69, 9.17) is 9.47 Å². The summed E-state index contributed by atoms with van der Waals surface area (Å²) in [5.74, 6) is 1.65. The monoisotopic (exact) mass is 329 g/mol. The van der Waals surface area contributed by atoms with Gasteiger partial charge in [-0.05, 0) is 39.1 Å². The van der Waals surface area contributed by atoms with Gasteiger partial charge in [-0.15, -0.1) is 0 Å². The molecule has 1 unspecified atom stereocenters. The van der Waals surface area contributed by atoms with Crippen LogP contribution in [0.2, 0.25) is 0 Å². The molecule has 0 aliphatic heterocycles. The topological polar surface area (TPSA) is 21.7 Å². The first-order chi connectivity index (χ1) is 9.13. The average molecular weight is 330 g/mol. The van der Waals surface area contributed by atoms with E-state index in [1.807, 2.05) is 31.2 Å². The van der Waals surface area contributed by atoms with Crippen LogP contribution < -0.4 is 9.47 Å². The molecular weight excluding hydrogens is 306 g/mol. The number of alkyl halides is 1. The van der Waals surface area contributed by atoms with Crippen molar-refractivity contribution < 1.29 is 9.47 Å². The van der Waals surface area contributed by atoms with Crippen LogP contribution >= 0.6 is 15.9 Å². The molecule has 0 amide bonds. The fourth-order valence-corrected chi connectivity index (χ4v) is 1.87. The molecule has 0 saturated carbocycles. The third kappa shape index (κ3) is 6.83. The zero-order chi connectivity index (χ0) is 14.1. The zero-order valence-electron chi connectivity index (χ0n) is 12.1. The second kappa shape index (κ2) is 9.21. The number of hydrogen-bond donors (Lipinski definition) is 0. The molecule has 108 valence electrons. The maximum atomic E-state index is 5.79. The van der Waals surface area contributed by atoms with Crippen LogP contribution in [-0.4, -0.2) is 43.1 Å². The van der Waals surface area contributed by atoms with Gasteiger partial charge in [0.05, 0.1) is 6.61 Å². The van der Waals surface area contributed by atoms with E-state index in [2.05, 4.69) is 34.8 Å². The highest BCUT2D eigenvalue weighted by atomic mass is 79.9. The van der Waals surface area contributed by atoms with Gasteiger partial charge in [0.2, 0.25) is 0 Å². The van der Waals surface area contributed by atoms with Crippen molar-refractivity contribution in [1.29, 1.82) is 0 Å². The molecule has 4 heteroatoms. The van der Waals surface area contributed by atoms with Crippen molar-refractivity contribution in [3.63, 3.8) is 0 Å². The maximum absolute atomic E-state index is 5.79. The summed E-state index contributed by atoms with van der Waals surface area (Å²) in [7, 11) is 2.12. The van der Waals surface area contributed by atoms with Gasteiger partial charge in [0.1, 0.15) is 6.61 Å². The van der Waals surface area contributed by atoms with E-state index in [1.54, 1.807) is 0 Å². The molecule has 0 saturated heterocycles. The number of ether oxygens (including phenoxy) is 2. The van der Waals surface area contributed by atoms with Crippen LogP contribution in [0.5, 0.6) is 11.5 Å². The Hall–Kier alpha value is -0.740. The van der Waals surface area contributed by atoms with Gasteiger partial charge in [-0.25, -0.2) is 0 Å². The lowest BCUT2D eigenvalue weighted by molar-refractivity contribution is 0.225. The van der Waals surface area contributed by atoms with E-state index in [-0.39, 0.29) is 0 Å². The summed E-state index contributed by atoms with van der Waals surface area (Å²) in [6.45, 7) is 7.47. The summed E-state index contributed by atoms with van der Waals surface area (Å²) >= 11 is 3.56. The summed E-state index contributed by atoms with van der Waals surface area (Å²) in [5.41, 5.74) is 0. The van der Waals surface area contributed by atoms with Crippen LogP contribution in [0.4, 0.5) is 0 Å². The number of para-hydroxylation sites is 2. The molecule has 0 fully saturated rings. The van der Waals surface area contributed by atoms with Crippen LogP contribution in [0.25, 0.3) is 0 Å². The lowest BCUT2D eigenvalue weighted by Crippen LogP contribution is -2.26. The van der Waals surface area contributed by atoms with Gasteiger partial charge in [-0.2, -0.15) is 0 Å². The van der Waals surface area contributed by atoms with E-state index >= 15 is 0 Å². The normalized spacial score (nSPS) is 12.5. The van der Waals surface area contributed by atoms with Gasteiger partial charge < -0.3 is 14.4 Å². The first-order valence-electron chi connectivity index (χ1n) is 6.80. The van der Waals surface area contributed by atoms with Gasteiger partial charge in [0.15, 0.2) is 11.5 Å². The largest absolute Gasteiger partial charge is 0.490 e. The summed E-state index contributed by atoms with van der Waals surface area (Å²) in [6, 6.07) is 7.82.